The quantitative estimate of drug-likeness (QED) is 0.636. The molecule has 0 saturated heterocycles. The second-order valence-electron chi connectivity index (χ2n) is 5.22. The van der Waals surface area contributed by atoms with E-state index >= 15 is 0 Å². The van der Waals surface area contributed by atoms with E-state index in [1.807, 2.05) is 13.0 Å². The monoisotopic (exact) mass is 301 g/mol. The van der Waals surface area contributed by atoms with Gasteiger partial charge in [0, 0.05) is 22.7 Å². The first kappa shape index (κ1) is 14.4. The van der Waals surface area contributed by atoms with Gasteiger partial charge in [0.1, 0.15) is 0 Å². The van der Waals surface area contributed by atoms with Gasteiger partial charge >= 0.3 is 6.18 Å². The van der Waals surface area contributed by atoms with Gasteiger partial charge in [0.25, 0.3) is 0 Å². The maximum Gasteiger partial charge on any atom is 0.417 e. The fourth-order valence-corrected chi connectivity index (χ4v) is 2.49. The zero-order valence-corrected chi connectivity index (χ0v) is 11.9. The molecule has 22 heavy (non-hydrogen) atoms. The van der Waals surface area contributed by atoms with Crippen LogP contribution < -0.4 is 0 Å². The Bertz CT molecular complexity index is 826. The summed E-state index contributed by atoms with van der Waals surface area (Å²) in [7, 11) is 0. The second kappa shape index (κ2) is 5.37. The first-order valence-electron chi connectivity index (χ1n) is 6.87. The highest BCUT2D eigenvalue weighted by Gasteiger charge is 2.35. The number of hydrogen-bond acceptors (Lipinski definition) is 0. The fraction of sp³-hybridized carbons (Fsp3) is 0.111. The van der Waals surface area contributed by atoms with Gasteiger partial charge in [-0.05, 0) is 30.7 Å². The van der Waals surface area contributed by atoms with Gasteiger partial charge in [-0.1, -0.05) is 42.0 Å². The number of H-pyrrole nitrogens is 1. The summed E-state index contributed by atoms with van der Waals surface area (Å²) < 4.78 is 40.5. The Morgan fingerprint density at radius 1 is 1.05 bits per heavy atom. The summed E-state index contributed by atoms with van der Waals surface area (Å²) in [5.41, 5.74) is 1.68. The number of fused-ring (bicyclic) bond motifs is 1. The first-order valence-corrected chi connectivity index (χ1v) is 6.87. The smallest absolute Gasteiger partial charge is 0.361 e. The summed E-state index contributed by atoms with van der Waals surface area (Å²) in [6, 6.07) is 14.0. The highest BCUT2D eigenvalue weighted by molar-refractivity contribution is 5.98. The zero-order chi connectivity index (χ0) is 15.7. The standard InChI is InChI=1S/C18H14F3N/c1-12-7-8-17-14(9-12)15(11-22-17)16(18(19,20)21)10-13-5-3-2-4-6-13/h2-11,22H,1H3/b16-10+. The number of rotatable bonds is 2. The van der Waals surface area contributed by atoms with Crippen molar-refractivity contribution in [2.45, 2.75) is 13.1 Å². The van der Waals surface area contributed by atoms with Crippen LogP contribution >= 0.6 is 0 Å². The van der Waals surface area contributed by atoms with Crippen molar-refractivity contribution in [3.63, 3.8) is 0 Å². The lowest BCUT2D eigenvalue weighted by Crippen LogP contribution is -2.10. The van der Waals surface area contributed by atoms with E-state index in [4.69, 9.17) is 0 Å². The average Bonchev–Trinajstić information content (AvgIpc) is 2.87. The van der Waals surface area contributed by atoms with Crippen molar-refractivity contribution in [2.24, 2.45) is 0 Å². The second-order valence-corrected chi connectivity index (χ2v) is 5.22. The zero-order valence-electron chi connectivity index (χ0n) is 11.9. The summed E-state index contributed by atoms with van der Waals surface area (Å²) in [4.78, 5) is 2.91. The molecule has 0 radical (unpaired) electrons. The van der Waals surface area contributed by atoms with Gasteiger partial charge in [0.15, 0.2) is 0 Å². The van der Waals surface area contributed by atoms with Crippen molar-refractivity contribution >= 4 is 22.6 Å². The van der Waals surface area contributed by atoms with Crippen molar-refractivity contribution in [1.82, 2.24) is 4.98 Å². The van der Waals surface area contributed by atoms with E-state index in [2.05, 4.69) is 4.98 Å². The maximum absolute atomic E-state index is 13.5. The average molecular weight is 301 g/mol. The molecular weight excluding hydrogens is 287 g/mol. The Kier molecular flexibility index (Phi) is 3.53. The molecule has 1 heterocycles. The van der Waals surface area contributed by atoms with Gasteiger partial charge in [0.05, 0.1) is 5.57 Å². The predicted octanol–water partition coefficient (Wildman–Crippen LogP) is 5.58. The molecule has 0 aliphatic rings. The molecule has 112 valence electrons. The molecule has 0 spiro atoms. The molecule has 1 N–H and O–H groups in total. The van der Waals surface area contributed by atoms with Crippen LogP contribution in [0.15, 0.2) is 54.7 Å². The highest BCUT2D eigenvalue weighted by atomic mass is 19.4. The summed E-state index contributed by atoms with van der Waals surface area (Å²) >= 11 is 0. The molecule has 3 rings (SSSR count). The van der Waals surface area contributed by atoms with Crippen LogP contribution in [-0.2, 0) is 0 Å². The van der Waals surface area contributed by atoms with Gasteiger partial charge in [-0.15, -0.1) is 0 Å². The molecule has 4 heteroatoms. The minimum absolute atomic E-state index is 0.176. The molecule has 3 aromatic rings. The number of allylic oxidation sites excluding steroid dienone is 1. The number of alkyl halides is 3. The van der Waals surface area contributed by atoms with Gasteiger partial charge < -0.3 is 4.98 Å². The third-order valence-corrected chi connectivity index (χ3v) is 3.54. The normalized spacial score (nSPS) is 12.8. The predicted molar refractivity (Wildman–Crippen MR) is 83.4 cm³/mol. The number of halogens is 3. The maximum atomic E-state index is 13.5. The molecular formula is C18H14F3N. The van der Waals surface area contributed by atoms with E-state index in [0.717, 1.165) is 5.56 Å². The summed E-state index contributed by atoms with van der Waals surface area (Å²) in [6.07, 6.45) is -1.81. The van der Waals surface area contributed by atoms with E-state index < -0.39 is 11.7 Å². The number of aryl methyl sites for hydroxylation is 1. The topological polar surface area (TPSA) is 15.8 Å². The van der Waals surface area contributed by atoms with Crippen LogP contribution in [0.25, 0.3) is 22.6 Å². The number of aromatic amines is 1. The third kappa shape index (κ3) is 2.77. The van der Waals surface area contributed by atoms with Crippen LogP contribution in [0.3, 0.4) is 0 Å². The molecule has 1 nitrogen and oxygen atoms in total. The van der Waals surface area contributed by atoms with Crippen LogP contribution in [0.4, 0.5) is 13.2 Å². The van der Waals surface area contributed by atoms with Crippen LogP contribution in [0.2, 0.25) is 0 Å². The lowest BCUT2D eigenvalue weighted by Gasteiger charge is -2.11. The first-order chi connectivity index (χ1) is 10.4. The number of nitrogens with one attached hydrogen (secondary N) is 1. The van der Waals surface area contributed by atoms with E-state index in [-0.39, 0.29) is 5.56 Å². The lowest BCUT2D eigenvalue weighted by molar-refractivity contribution is -0.0682. The SMILES string of the molecule is Cc1ccc2[nH]cc(/C(=C\c3ccccc3)C(F)(F)F)c2c1. The van der Waals surface area contributed by atoms with E-state index in [1.54, 1.807) is 42.5 Å². The number of hydrogen-bond donors (Lipinski definition) is 1. The molecule has 0 unspecified atom stereocenters. The molecule has 0 amide bonds. The van der Waals surface area contributed by atoms with Crippen molar-refractivity contribution in [2.75, 3.05) is 0 Å². The Balaban J connectivity index is 2.22. The van der Waals surface area contributed by atoms with Crippen molar-refractivity contribution in [1.29, 1.82) is 0 Å². The molecule has 0 saturated carbocycles. The van der Waals surface area contributed by atoms with E-state index in [9.17, 15) is 13.2 Å². The third-order valence-electron chi connectivity index (χ3n) is 3.54. The van der Waals surface area contributed by atoms with Gasteiger partial charge in [-0.3, -0.25) is 0 Å². The Morgan fingerprint density at radius 2 is 1.77 bits per heavy atom. The molecule has 0 bridgehead atoms. The highest BCUT2D eigenvalue weighted by Crippen LogP contribution is 2.38. The molecule has 1 aromatic heterocycles. The van der Waals surface area contributed by atoms with E-state index in [1.165, 1.54) is 12.3 Å². The van der Waals surface area contributed by atoms with Crippen LogP contribution in [0, 0.1) is 6.92 Å². The largest absolute Gasteiger partial charge is 0.417 e. The molecule has 2 aromatic carbocycles. The fourth-order valence-electron chi connectivity index (χ4n) is 2.49. The van der Waals surface area contributed by atoms with Crippen molar-refractivity contribution in [3.8, 4) is 0 Å². The molecule has 0 aliphatic heterocycles. The van der Waals surface area contributed by atoms with Crippen LogP contribution in [-0.4, -0.2) is 11.2 Å². The Morgan fingerprint density at radius 3 is 2.45 bits per heavy atom. The van der Waals surface area contributed by atoms with Gasteiger partial charge in [-0.25, -0.2) is 0 Å². The van der Waals surface area contributed by atoms with Crippen LogP contribution in [0.5, 0.6) is 0 Å². The summed E-state index contributed by atoms with van der Waals surface area (Å²) in [5, 5.41) is 0.583. The van der Waals surface area contributed by atoms with Crippen molar-refractivity contribution < 1.29 is 13.2 Å². The van der Waals surface area contributed by atoms with Gasteiger partial charge in [-0.2, -0.15) is 13.2 Å². The van der Waals surface area contributed by atoms with Crippen molar-refractivity contribution in [3.05, 3.63) is 71.4 Å². The minimum atomic E-state index is -4.42. The number of benzene rings is 2. The van der Waals surface area contributed by atoms with Gasteiger partial charge in [0.2, 0.25) is 0 Å². The Labute approximate surface area is 126 Å². The molecule has 0 fully saturated rings. The summed E-state index contributed by atoms with van der Waals surface area (Å²) in [6.45, 7) is 1.87. The summed E-state index contributed by atoms with van der Waals surface area (Å²) in [5.74, 6) is 0. The lowest BCUT2D eigenvalue weighted by atomic mass is 10.0. The minimum Gasteiger partial charge on any atom is -0.361 e. The molecule has 0 atom stereocenters. The Hall–Kier alpha value is -2.49. The van der Waals surface area contributed by atoms with E-state index in [0.29, 0.717) is 16.5 Å². The molecule has 0 aliphatic carbocycles. The number of aromatic nitrogens is 1. The van der Waals surface area contributed by atoms with Crippen LogP contribution in [0.1, 0.15) is 16.7 Å².